The van der Waals surface area contributed by atoms with Crippen LogP contribution in [0.5, 0.6) is 17.2 Å². The van der Waals surface area contributed by atoms with E-state index in [0.29, 0.717) is 30.7 Å². The van der Waals surface area contributed by atoms with Crippen molar-refractivity contribution < 1.29 is 14.2 Å². The van der Waals surface area contributed by atoms with Crippen LogP contribution < -0.4 is 19.9 Å². The lowest BCUT2D eigenvalue weighted by atomic mass is 10.2. The molecule has 1 aliphatic rings. The highest BCUT2D eigenvalue weighted by molar-refractivity contribution is 9.10. The molecule has 0 spiro atoms. The summed E-state index contributed by atoms with van der Waals surface area (Å²) in [5, 5.41) is 0.492. The predicted molar refractivity (Wildman–Crippen MR) is 101 cm³/mol. The van der Waals surface area contributed by atoms with Gasteiger partial charge >= 0.3 is 0 Å². The summed E-state index contributed by atoms with van der Waals surface area (Å²) in [6.07, 6.45) is 0. The van der Waals surface area contributed by atoms with Gasteiger partial charge in [-0.15, -0.1) is 0 Å². The van der Waals surface area contributed by atoms with Crippen molar-refractivity contribution in [2.45, 2.75) is 0 Å². The van der Waals surface area contributed by atoms with Crippen LogP contribution in [0.2, 0.25) is 0 Å². The summed E-state index contributed by atoms with van der Waals surface area (Å²) < 4.78 is 17.7. The van der Waals surface area contributed by atoms with Gasteiger partial charge in [-0.25, -0.2) is 4.99 Å². The Hall–Kier alpha value is -1.86. The second-order valence-corrected chi connectivity index (χ2v) is 6.96. The average Bonchev–Trinajstić information content (AvgIpc) is 2.60. The summed E-state index contributed by atoms with van der Waals surface area (Å²) >= 11 is 4.84. The van der Waals surface area contributed by atoms with E-state index >= 15 is 0 Å². The summed E-state index contributed by atoms with van der Waals surface area (Å²) in [5.41, 5.74) is 6.71. The third kappa shape index (κ3) is 4.82. The molecule has 0 saturated heterocycles. The first-order valence-electron chi connectivity index (χ1n) is 7.46. The quantitative estimate of drug-likeness (QED) is 0.460. The van der Waals surface area contributed by atoms with Gasteiger partial charge in [0.25, 0.3) is 0 Å². The zero-order chi connectivity index (χ0) is 16.8. The number of halogens is 1. The van der Waals surface area contributed by atoms with Gasteiger partial charge < -0.3 is 19.9 Å². The molecule has 1 aliphatic heterocycles. The lowest BCUT2D eigenvalue weighted by Gasteiger charge is -2.18. The Morgan fingerprint density at radius 2 is 1.88 bits per heavy atom. The molecule has 5 nitrogen and oxygen atoms in total. The predicted octanol–water partition coefficient (Wildman–Crippen LogP) is 3.98. The van der Waals surface area contributed by atoms with Crippen LogP contribution in [0.1, 0.15) is 0 Å². The van der Waals surface area contributed by atoms with Crippen LogP contribution in [0.3, 0.4) is 0 Å². The van der Waals surface area contributed by atoms with E-state index in [2.05, 4.69) is 20.9 Å². The zero-order valence-electron chi connectivity index (χ0n) is 12.9. The van der Waals surface area contributed by atoms with Crippen molar-refractivity contribution in [2.75, 3.05) is 25.6 Å². The topological polar surface area (TPSA) is 66.1 Å². The Kier molecular flexibility index (Phi) is 5.87. The van der Waals surface area contributed by atoms with E-state index in [0.717, 1.165) is 27.4 Å². The molecule has 0 atom stereocenters. The molecular formula is C17H17BrN2O3S. The normalized spacial score (nSPS) is 13.6. The Balaban J connectivity index is 1.48. The van der Waals surface area contributed by atoms with Crippen LogP contribution in [0.25, 0.3) is 0 Å². The fraction of sp³-hybridized carbons (Fsp3) is 0.235. The number of fused-ring (bicyclic) bond motifs is 1. The van der Waals surface area contributed by atoms with Crippen molar-refractivity contribution in [3.8, 4) is 17.2 Å². The second kappa shape index (κ2) is 8.30. The van der Waals surface area contributed by atoms with Crippen molar-refractivity contribution in [3.63, 3.8) is 0 Å². The fourth-order valence-electron chi connectivity index (χ4n) is 2.10. The number of hydrogen-bond acceptors (Lipinski definition) is 5. The van der Waals surface area contributed by atoms with Crippen LogP contribution in [0, 0.1) is 0 Å². The number of benzene rings is 2. The zero-order valence-corrected chi connectivity index (χ0v) is 15.3. The molecule has 2 aromatic carbocycles. The minimum absolute atomic E-state index is 0.492. The monoisotopic (exact) mass is 408 g/mol. The minimum Gasteiger partial charge on any atom is -0.493 e. The maximum absolute atomic E-state index is 5.96. The van der Waals surface area contributed by atoms with Crippen molar-refractivity contribution in [3.05, 3.63) is 46.9 Å². The number of thioether (sulfide) groups is 1. The molecule has 126 valence electrons. The maximum Gasteiger partial charge on any atom is 0.163 e. The van der Waals surface area contributed by atoms with Crippen molar-refractivity contribution in [2.24, 2.45) is 10.7 Å². The maximum atomic E-state index is 5.96. The lowest BCUT2D eigenvalue weighted by Crippen LogP contribution is -2.15. The number of ether oxygens (including phenoxy) is 3. The second-order valence-electron chi connectivity index (χ2n) is 4.93. The van der Waals surface area contributed by atoms with Crippen LogP contribution in [-0.4, -0.2) is 30.7 Å². The SMILES string of the molecule is NC(=Nc1ccc2c(c1)OCCO2)SCCOc1ccc(Br)cc1. The fourth-order valence-corrected chi connectivity index (χ4v) is 2.91. The molecule has 0 radical (unpaired) electrons. The largest absolute Gasteiger partial charge is 0.493 e. The van der Waals surface area contributed by atoms with E-state index in [1.165, 1.54) is 11.8 Å². The summed E-state index contributed by atoms with van der Waals surface area (Å²) in [4.78, 5) is 4.38. The summed E-state index contributed by atoms with van der Waals surface area (Å²) in [5.74, 6) is 3.00. The Morgan fingerprint density at radius 1 is 1.12 bits per heavy atom. The highest BCUT2D eigenvalue weighted by atomic mass is 79.9. The van der Waals surface area contributed by atoms with Gasteiger partial charge in [0.15, 0.2) is 16.7 Å². The average molecular weight is 409 g/mol. The van der Waals surface area contributed by atoms with E-state index < -0.39 is 0 Å². The molecule has 0 amide bonds. The van der Waals surface area contributed by atoms with E-state index in [1.54, 1.807) is 0 Å². The van der Waals surface area contributed by atoms with E-state index in [-0.39, 0.29) is 0 Å². The molecule has 0 aromatic heterocycles. The van der Waals surface area contributed by atoms with Gasteiger partial charge in [0.1, 0.15) is 19.0 Å². The van der Waals surface area contributed by atoms with Gasteiger partial charge in [-0.2, -0.15) is 0 Å². The highest BCUT2D eigenvalue weighted by Crippen LogP contribution is 2.33. The molecule has 2 N–H and O–H groups in total. The van der Waals surface area contributed by atoms with Crippen molar-refractivity contribution in [1.29, 1.82) is 0 Å². The molecule has 3 rings (SSSR count). The highest BCUT2D eigenvalue weighted by Gasteiger charge is 2.11. The van der Waals surface area contributed by atoms with Gasteiger partial charge in [-0.3, -0.25) is 0 Å². The first kappa shape index (κ1) is 17.0. The van der Waals surface area contributed by atoms with Gasteiger partial charge in [0.2, 0.25) is 0 Å². The van der Waals surface area contributed by atoms with E-state index in [1.807, 2.05) is 42.5 Å². The number of nitrogens with two attached hydrogens (primary N) is 1. The Morgan fingerprint density at radius 3 is 2.67 bits per heavy atom. The Bertz CT molecular complexity index is 722. The molecule has 0 bridgehead atoms. The lowest BCUT2D eigenvalue weighted by molar-refractivity contribution is 0.171. The van der Waals surface area contributed by atoms with Crippen LogP contribution in [0.15, 0.2) is 51.9 Å². The molecule has 24 heavy (non-hydrogen) atoms. The minimum atomic E-state index is 0.492. The molecule has 7 heteroatoms. The number of rotatable bonds is 5. The van der Waals surface area contributed by atoms with Gasteiger partial charge in [0, 0.05) is 16.3 Å². The molecule has 0 fully saturated rings. The van der Waals surface area contributed by atoms with Crippen molar-refractivity contribution >= 4 is 38.5 Å². The number of nitrogens with zero attached hydrogens (tertiary/aromatic N) is 1. The van der Waals surface area contributed by atoms with Crippen LogP contribution in [-0.2, 0) is 0 Å². The van der Waals surface area contributed by atoms with Gasteiger partial charge in [-0.05, 0) is 36.4 Å². The molecule has 0 saturated carbocycles. The smallest absolute Gasteiger partial charge is 0.163 e. The molecular weight excluding hydrogens is 392 g/mol. The van der Waals surface area contributed by atoms with Crippen molar-refractivity contribution in [1.82, 2.24) is 0 Å². The first-order valence-corrected chi connectivity index (χ1v) is 9.23. The van der Waals surface area contributed by atoms with Gasteiger partial charge in [-0.1, -0.05) is 27.7 Å². The summed E-state index contributed by atoms with van der Waals surface area (Å²) in [7, 11) is 0. The Labute approximate surface area is 153 Å². The van der Waals surface area contributed by atoms with E-state index in [9.17, 15) is 0 Å². The molecule has 0 unspecified atom stereocenters. The third-order valence-corrected chi connectivity index (χ3v) is 4.47. The molecule has 0 aliphatic carbocycles. The summed E-state index contributed by atoms with van der Waals surface area (Å²) in [6.45, 7) is 1.69. The standard InChI is InChI=1S/C17H17BrN2O3S/c18-12-1-4-14(5-2-12)21-9-10-24-17(19)20-13-3-6-15-16(11-13)23-8-7-22-15/h1-6,11H,7-10H2,(H2,19,20). The van der Waals surface area contributed by atoms with Crippen LogP contribution in [0.4, 0.5) is 5.69 Å². The molecule has 2 aromatic rings. The number of aliphatic imine (C=N–C) groups is 1. The number of amidine groups is 1. The number of hydrogen-bond donors (Lipinski definition) is 1. The van der Waals surface area contributed by atoms with Crippen LogP contribution >= 0.6 is 27.7 Å². The molecule has 1 heterocycles. The summed E-state index contributed by atoms with van der Waals surface area (Å²) in [6, 6.07) is 13.3. The van der Waals surface area contributed by atoms with Gasteiger partial charge in [0.05, 0.1) is 12.3 Å². The third-order valence-electron chi connectivity index (χ3n) is 3.18. The van der Waals surface area contributed by atoms with E-state index in [4.69, 9.17) is 19.9 Å². The first-order chi connectivity index (χ1) is 11.7.